The van der Waals surface area contributed by atoms with E-state index >= 15 is 0 Å². The van der Waals surface area contributed by atoms with Crippen LogP contribution < -0.4 is 5.32 Å². The van der Waals surface area contributed by atoms with E-state index in [0.717, 1.165) is 19.2 Å². The van der Waals surface area contributed by atoms with Gasteiger partial charge in [-0.1, -0.05) is 6.92 Å². The van der Waals surface area contributed by atoms with Crippen molar-refractivity contribution in [1.82, 2.24) is 10.2 Å². The Labute approximate surface area is 106 Å². The predicted octanol–water partition coefficient (Wildman–Crippen LogP) is 2.02. The molecule has 0 spiro atoms. The molecule has 3 nitrogen and oxygen atoms in total. The summed E-state index contributed by atoms with van der Waals surface area (Å²) in [5.74, 6) is 0. The Bertz CT molecular complexity index is 218. The van der Waals surface area contributed by atoms with E-state index in [-0.39, 0.29) is 5.60 Å². The van der Waals surface area contributed by atoms with Gasteiger partial charge in [0.15, 0.2) is 0 Å². The van der Waals surface area contributed by atoms with E-state index in [9.17, 15) is 0 Å². The van der Waals surface area contributed by atoms with Gasteiger partial charge in [-0.3, -0.25) is 0 Å². The Kier molecular flexibility index (Phi) is 4.83. The summed E-state index contributed by atoms with van der Waals surface area (Å²) in [4.78, 5) is 2.59. The Morgan fingerprint density at radius 3 is 2.71 bits per heavy atom. The van der Waals surface area contributed by atoms with Gasteiger partial charge in [-0.2, -0.15) is 0 Å². The number of nitrogens with zero attached hydrogens (tertiary/aromatic N) is 1. The molecule has 2 heterocycles. The van der Waals surface area contributed by atoms with Crippen molar-refractivity contribution >= 4 is 0 Å². The summed E-state index contributed by atoms with van der Waals surface area (Å²) in [7, 11) is 0. The first-order chi connectivity index (χ1) is 8.22. The third-order valence-electron chi connectivity index (χ3n) is 4.13. The Morgan fingerprint density at radius 2 is 2.12 bits per heavy atom. The first-order valence-electron chi connectivity index (χ1n) is 7.31. The van der Waals surface area contributed by atoms with Gasteiger partial charge in [0, 0.05) is 19.2 Å². The molecular weight excluding hydrogens is 212 g/mol. The highest BCUT2D eigenvalue weighted by Crippen LogP contribution is 2.27. The van der Waals surface area contributed by atoms with Crippen LogP contribution >= 0.6 is 0 Å². The van der Waals surface area contributed by atoms with Gasteiger partial charge in [0.25, 0.3) is 0 Å². The maximum absolute atomic E-state index is 5.88. The van der Waals surface area contributed by atoms with E-state index in [1.165, 1.54) is 51.7 Å². The van der Waals surface area contributed by atoms with Crippen LogP contribution in [0.4, 0.5) is 0 Å². The Balaban J connectivity index is 1.68. The molecule has 0 aromatic carbocycles. The molecule has 0 radical (unpaired) electrons. The molecule has 0 aromatic heterocycles. The highest BCUT2D eigenvalue weighted by molar-refractivity contribution is 4.86. The average Bonchev–Trinajstić information content (AvgIpc) is 2.75. The molecule has 2 aliphatic heterocycles. The molecular formula is C14H28N2O. The lowest BCUT2D eigenvalue weighted by atomic mass is 9.99. The molecule has 100 valence electrons. The van der Waals surface area contributed by atoms with Crippen molar-refractivity contribution in [2.75, 3.05) is 32.8 Å². The molecule has 3 heteroatoms. The van der Waals surface area contributed by atoms with Crippen molar-refractivity contribution in [3.05, 3.63) is 0 Å². The van der Waals surface area contributed by atoms with E-state index in [0.29, 0.717) is 0 Å². The lowest BCUT2D eigenvalue weighted by molar-refractivity contribution is -0.0143. The third-order valence-corrected chi connectivity index (χ3v) is 4.13. The lowest BCUT2D eigenvalue weighted by Crippen LogP contribution is -2.48. The van der Waals surface area contributed by atoms with Crippen molar-refractivity contribution in [1.29, 1.82) is 0 Å². The fraction of sp³-hybridized carbons (Fsp3) is 1.00. The number of rotatable bonds is 5. The Hall–Kier alpha value is -0.120. The molecule has 0 saturated carbocycles. The van der Waals surface area contributed by atoms with E-state index in [1.54, 1.807) is 0 Å². The molecule has 17 heavy (non-hydrogen) atoms. The van der Waals surface area contributed by atoms with E-state index < -0.39 is 0 Å². The number of ether oxygens (including phenoxy) is 1. The molecule has 0 amide bonds. The van der Waals surface area contributed by atoms with Crippen molar-refractivity contribution < 1.29 is 4.74 Å². The molecule has 0 aromatic rings. The van der Waals surface area contributed by atoms with Gasteiger partial charge < -0.3 is 15.0 Å². The average molecular weight is 240 g/mol. The highest BCUT2D eigenvalue weighted by atomic mass is 16.5. The predicted molar refractivity (Wildman–Crippen MR) is 71.3 cm³/mol. The smallest absolute Gasteiger partial charge is 0.0781 e. The van der Waals surface area contributed by atoms with Crippen LogP contribution in [0.2, 0.25) is 0 Å². The zero-order chi connectivity index (χ0) is 12.1. The van der Waals surface area contributed by atoms with Gasteiger partial charge in [0.1, 0.15) is 0 Å². The molecule has 2 aliphatic rings. The Morgan fingerprint density at radius 1 is 1.35 bits per heavy atom. The van der Waals surface area contributed by atoms with Crippen LogP contribution in [0.1, 0.15) is 46.0 Å². The van der Waals surface area contributed by atoms with Gasteiger partial charge in [0.05, 0.1) is 5.60 Å². The largest absolute Gasteiger partial charge is 0.374 e. The van der Waals surface area contributed by atoms with Gasteiger partial charge in [-0.05, 0) is 58.7 Å². The third kappa shape index (κ3) is 3.94. The van der Waals surface area contributed by atoms with Crippen LogP contribution in [0.3, 0.4) is 0 Å². The highest BCUT2D eigenvalue weighted by Gasteiger charge is 2.32. The van der Waals surface area contributed by atoms with E-state index in [4.69, 9.17) is 4.74 Å². The molecule has 1 N–H and O–H groups in total. The van der Waals surface area contributed by atoms with Crippen LogP contribution in [0.25, 0.3) is 0 Å². The molecule has 1 unspecified atom stereocenters. The fourth-order valence-corrected chi connectivity index (χ4v) is 3.08. The second-order valence-electron chi connectivity index (χ2n) is 5.91. The molecule has 2 rings (SSSR count). The van der Waals surface area contributed by atoms with Crippen molar-refractivity contribution in [3.63, 3.8) is 0 Å². The van der Waals surface area contributed by atoms with Crippen LogP contribution in [0.15, 0.2) is 0 Å². The standard InChI is InChI=1S/C14H28N2O/c1-3-8-15-13-5-9-16(10-6-13)12-14(2)7-4-11-17-14/h13,15H,3-12H2,1-2H3. The summed E-state index contributed by atoms with van der Waals surface area (Å²) in [6, 6.07) is 0.753. The molecule has 1 atom stereocenters. The van der Waals surface area contributed by atoms with Crippen molar-refractivity contribution in [3.8, 4) is 0 Å². The normalized spacial score (nSPS) is 32.1. The van der Waals surface area contributed by atoms with Crippen LogP contribution in [-0.2, 0) is 4.74 Å². The minimum absolute atomic E-state index is 0.143. The summed E-state index contributed by atoms with van der Waals surface area (Å²) in [5.41, 5.74) is 0.143. The minimum atomic E-state index is 0.143. The first-order valence-corrected chi connectivity index (χ1v) is 7.31. The van der Waals surface area contributed by atoms with Gasteiger partial charge >= 0.3 is 0 Å². The second-order valence-corrected chi connectivity index (χ2v) is 5.91. The zero-order valence-corrected chi connectivity index (χ0v) is 11.5. The minimum Gasteiger partial charge on any atom is -0.374 e. The number of hydrogen-bond donors (Lipinski definition) is 1. The number of piperidine rings is 1. The summed E-state index contributed by atoms with van der Waals surface area (Å²) >= 11 is 0. The molecule has 2 saturated heterocycles. The summed E-state index contributed by atoms with van der Waals surface area (Å²) < 4.78 is 5.88. The van der Waals surface area contributed by atoms with Crippen molar-refractivity contribution in [2.24, 2.45) is 0 Å². The zero-order valence-electron chi connectivity index (χ0n) is 11.5. The van der Waals surface area contributed by atoms with Gasteiger partial charge in [-0.15, -0.1) is 0 Å². The SMILES string of the molecule is CCCNC1CCN(CC2(C)CCCO2)CC1. The maximum atomic E-state index is 5.88. The summed E-state index contributed by atoms with van der Waals surface area (Å²) in [6.45, 7) is 10.3. The fourth-order valence-electron chi connectivity index (χ4n) is 3.08. The van der Waals surface area contributed by atoms with E-state index in [1.807, 2.05) is 0 Å². The van der Waals surface area contributed by atoms with Crippen LogP contribution in [0, 0.1) is 0 Å². The second kappa shape index (κ2) is 6.17. The summed E-state index contributed by atoms with van der Waals surface area (Å²) in [5, 5.41) is 3.64. The lowest BCUT2D eigenvalue weighted by Gasteiger charge is -2.37. The van der Waals surface area contributed by atoms with E-state index in [2.05, 4.69) is 24.1 Å². The summed E-state index contributed by atoms with van der Waals surface area (Å²) in [6.07, 6.45) is 6.32. The number of nitrogens with one attached hydrogen (secondary N) is 1. The van der Waals surface area contributed by atoms with Crippen LogP contribution in [-0.4, -0.2) is 49.3 Å². The first kappa shape index (κ1) is 13.3. The molecule has 0 aliphatic carbocycles. The topological polar surface area (TPSA) is 24.5 Å². The number of likely N-dealkylation sites (tertiary alicyclic amines) is 1. The quantitative estimate of drug-likeness (QED) is 0.795. The van der Waals surface area contributed by atoms with Gasteiger partial charge in [-0.25, -0.2) is 0 Å². The molecule has 0 bridgehead atoms. The monoisotopic (exact) mass is 240 g/mol. The molecule has 2 fully saturated rings. The van der Waals surface area contributed by atoms with Crippen molar-refractivity contribution in [2.45, 2.75) is 57.6 Å². The number of hydrogen-bond acceptors (Lipinski definition) is 3. The maximum Gasteiger partial charge on any atom is 0.0781 e. The van der Waals surface area contributed by atoms with Crippen LogP contribution in [0.5, 0.6) is 0 Å². The van der Waals surface area contributed by atoms with Gasteiger partial charge in [0.2, 0.25) is 0 Å².